The van der Waals surface area contributed by atoms with Crippen molar-refractivity contribution in [2.24, 2.45) is 0 Å². The molecule has 398 valence electrons. The molecule has 0 heterocycles. The van der Waals surface area contributed by atoms with Crippen molar-refractivity contribution in [3.8, 4) is 0 Å². The van der Waals surface area contributed by atoms with E-state index in [0.717, 1.165) is 90.6 Å². The van der Waals surface area contributed by atoms with Crippen molar-refractivity contribution < 1.29 is 25.5 Å². The first-order valence-corrected chi connectivity index (χ1v) is 29.4. The van der Waals surface area contributed by atoms with Crippen LogP contribution in [0.3, 0.4) is 0 Å². The Labute approximate surface area is 412 Å². The van der Waals surface area contributed by atoms with Gasteiger partial charge in [0, 0.05) is 72.0 Å². The zero-order valence-corrected chi connectivity index (χ0v) is 45.2. The molecular weight excluding hydrogens is 821 g/mol. The van der Waals surface area contributed by atoms with Gasteiger partial charge in [0.05, 0.1) is 30.5 Å². The van der Waals surface area contributed by atoms with E-state index in [1.165, 1.54) is 180 Å². The summed E-state index contributed by atoms with van der Waals surface area (Å²) in [5.41, 5.74) is 0. The predicted molar refractivity (Wildman–Crippen MR) is 287 cm³/mol. The van der Waals surface area contributed by atoms with Gasteiger partial charge in [0.15, 0.2) is 0 Å². The number of nitrogens with one attached hydrogen (secondary N) is 1. The molecule has 0 saturated carbocycles. The molecular formula is C57H120N4O5. The first kappa shape index (κ1) is 65.6. The van der Waals surface area contributed by atoms with Crippen LogP contribution in [-0.4, -0.2) is 143 Å². The van der Waals surface area contributed by atoms with E-state index in [4.69, 9.17) is 0 Å². The molecule has 0 fully saturated rings. The molecule has 0 amide bonds. The summed E-state index contributed by atoms with van der Waals surface area (Å²) in [6.45, 7) is 18.5. The number of hydrogen-bond donors (Lipinski definition) is 6. The molecule has 0 radical (unpaired) electrons. The molecule has 9 heteroatoms. The Hall–Kier alpha value is -0.360. The van der Waals surface area contributed by atoms with Crippen LogP contribution in [0.5, 0.6) is 0 Å². The van der Waals surface area contributed by atoms with Crippen LogP contribution in [-0.2, 0) is 0 Å². The van der Waals surface area contributed by atoms with E-state index in [-0.39, 0.29) is 6.10 Å². The van der Waals surface area contributed by atoms with E-state index in [1.54, 1.807) is 0 Å². The van der Waals surface area contributed by atoms with Crippen molar-refractivity contribution >= 4 is 0 Å². The lowest BCUT2D eigenvalue weighted by atomic mass is 10.0. The maximum absolute atomic E-state index is 11.3. The third kappa shape index (κ3) is 47.3. The average molecular weight is 942 g/mol. The van der Waals surface area contributed by atoms with E-state index in [2.05, 4.69) is 47.7 Å². The van der Waals surface area contributed by atoms with Gasteiger partial charge in [0.1, 0.15) is 0 Å². The lowest BCUT2D eigenvalue weighted by Crippen LogP contribution is -2.47. The van der Waals surface area contributed by atoms with Crippen molar-refractivity contribution in [1.82, 2.24) is 20.0 Å². The number of hydrogen-bond acceptors (Lipinski definition) is 9. The van der Waals surface area contributed by atoms with Gasteiger partial charge in [0.25, 0.3) is 0 Å². The average Bonchev–Trinajstić information content (AvgIpc) is 3.28. The molecule has 0 aliphatic rings. The van der Waals surface area contributed by atoms with Crippen molar-refractivity contribution in [2.75, 3.05) is 72.0 Å². The molecule has 0 bridgehead atoms. The summed E-state index contributed by atoms with van der Waals surface area (Å²) in [6.07, 6.45) is 41.5. The minimum Gasteiger partial charge on any atom is -0.392 e. The summed E-state index contributed by atoms with van der Waals surface area (Å²) in [5.74, 6) is 0. The van der Waals surface area contributed by atoms with E-state index < -0.39 is 24.4 Å². The van der Waals surface area contributed by atoms with E-state index in [1.807, 2.05) is 6.92 Å². The van der Waals surface area contributed by atoms with E-state index in [0.29, 0.717) is 32.7 Å². The molecule has 6 N–H and O–H groups in total. The Morgan fingerprint density at radius 2 is 0.561 bits per heavy atom. The minimum atomic E-state index is -0.474. The van der Waals surface area contributed by atoms with Crippen molar-refractivity contribution in [3.05, 3.63) is 0 Å². The molecule has 0 saturated heterocycles. The fourth-order valence-corrected chi connectivity index (χ4v) is 9.62. The summed E-state index contributed by atoms with van der Waals surface area (Å²) in [4.78, 5) is 7.04. The van der Waals surface area contributed by atoms with Crippen LogP contribution in [0.15, 0.2) is 0 Å². The van der Waals surface area contributed by atoms with Gasteiger partial charge in [-0.05, 0) is 32.6 Å². The maximum Gasteiger partial charge on any atom is 0.0667 e. The fourth-order valence-electron chi connectivity index (χ4n) is 9.62. The summed E-state index contributed by atoms with van der Waals surface area (Å²) in [6, 6.07) is 0. The lowest BCUT2D eigenvalue weighted by Gasteiger charge is -2.33. The zero-order chi connectivity index (χ0) is 48.6. The highest BCUT2D eigenvalue weighted by Gasteiger charge is 2.20. The molecule has 66 heavy (non-hydrogen) atoms. The molecule has 0 aromatic heterocycles. The SMILES string of the molecule is CCCCCCCCCCC(O)CNCCN(CCN(CC(C)O)CC(O)CCCCCCCCCC)CCN(CC(O)CCCCCCCCCC)CC(O)CCCCCCCCCC. The quantitative estimate of drug-likeness (QED) is 0.0331. The number of unbranched alkanes of at least 4 members (excludes halogenated alkanes) is 28. The molecule has 0 aliphatic heterocycles. The van der Waals surface area contributed by atoms with E-state index >= 15 is 0 Å². The Kier molecular flexibility index (Phi) is 50.7. The molecule has 5 atom stereocenters. The fraction of sp³-hybridized carbons (Fsp3) is 1.00. The van der Waals surface area contributed by atoms with Crippen LogP contribution in [0.1, 0.15) is 266 Å². The highest BCUT2D eigenvalue weighted by Crippen LogP contribution is 2.16. The van der Waals surface area contributed by atoms with Gasteiger partial charge >= 0.3 is 0 Å². The minimum absolute atomic E-state index is 0.330. The van der Waals surface area contributed by atoms with Gasteiger partial charge in [-0.25, -0.2) is 0 Å². The third-order valence-corrected chi connectivity index (χ3v) is 13.9. The summed E-state index contributed by atoms with van der Waals surface area (Å²) < 4.78 is 0. The molecule has 0 rings (SSSR count). The zero-order valence-electron chi connectivity index (χ0n) is 45.2. The lowest BCUT2D eigenvalue weighted by molar-refractivity contribution is 0.0498. The van der Waals surface area contributed by atoms with Crippen molar-refractivity contribution in [3.63, 3.8) is 0 Å². The predicted octanol–water partition coefficient (Wildman–Crippen LogP) is 12.4. The maximum atomic E-state index is 11.3. The van der Waals surface area contributed by atoms with Crippen LogP contribution in [0.4, 0.5) is 0 Å². The highest BCUT2D eigenvalue weighted by atomic mass is 16.3. The Morgan fingerprint density at radius 1 is 0.303 bits per heavy atom. The number of nitrogens with zero attached hydrogens (tertiary/aromatic N) is 3. The molecule has 0 spiro atoms. The molecule has 0 aliphatic carbocycles. The van der Waals surface area contributed by atoms with Crippen molar-refractivity contribution in [1.29, 1.82) is 0 Å². The number of rotatable bonds is 55. The van der Waals surface area contributed by atoms with E-state index in [9.17, 15) is 25.5 Å². The van der Waals surface area contributed by atoms with Gasteiger partial charge in [-0.2, -0.15) is 0 Å². The van der Waals surface area contributed by atoms with Gasteiger partial charge in [-0.15, -0.1) is 0 Å². The van der Waals surface area contributed by atoms with Crippen LogP contribution in [0.25, 0.3) is 0 Å². The number of aliphatic hydroxyl groups is 5. The normalized spacial score (nSPS) is 14.5. The summed E-state index contributed by atoms with van der Waals surface area (Å²) in [5, 5.41) is 58.6. The van der Waals surface area contributed by atoms with Crippen LogP contribution in [0.2, 0.25) is 0 Å². The van der Waals surface area contributed by atoms with Gasteiger partial charge in [-0.3, -0.25) is 14.7 Å². The second kappa shape index (κ2) is 51.0. The third-order valence-electron chi connectivity index (χ3n) is 13.9. The Morgan fingerprint density at radius 3 is 0.864 bits per heavy atom. The van der Waals surface area contributed by atoms with Crippen LogP contribution < -0.4 is 5.32 Å². The van der Waals surface area contributed by atoms with Gasteiger partial charge in [0.2, 0.25) is 0 Å². The second-order valence-corrected chi connectivity index (χ2v) is 21.1. The molecule has 0 aromatic rings. The first-order valence-electron chi connectivity index (χ1n) is 29.4. The van der Waals surface area contributed by atoms with Crippen LogP contribution >= 0.6 is 0 Å². The first-order chi connectivity index (χ1) is 32.1. The number of aliphatic hydroxyl groups excluding tert-OH is 5. The van der Waals surface area contributed by atoms with Crippen molar-refractivity contribution in [2.45, 2.75) is 296 Å². The van der Waals surface area contributed by atoms with Gasteiger partial charge < -0.3 is 30.8 Å². The van der Waals surface area contributed by atoms with Crippen LogP contribution in [0, 0.1) is 0 Å². The molecule has 5 unspecified atom stereocenters. The Balaban J connectivity index is 5.55. The molecule has 9 nitrogen and oxygen atoms in total. The standard InChI is InChI=1S/C57H120N4O5/c1-6-10-14-18-22-26-30-34-38-54(63)48-58-42-43-59(44-46-60(49-53(5)62)50-55(64)39-35-31-27-23-19-15-11-7-2)45-47-61(51-56(65)40-36-32-28-24-20-16-12-8-3)52-57(66)41-37-33-29-25-21-17-13-9-4/h53-58,62-66H,6-52H2,1-5H3. The molecule has 0 aromatic carbocycles. The smallest absolute Gasteiger partial charge is 0.0667 e. The highest BCUT2D eigenvalue weighted by molar-refractivity contribution is 4.75. The largest absolute Gasteiger partial charge is 0.392 e. The van der Waals surface area contributed by atoms with Gasteiger partial charge in [-0.1, -0.05) is 233 Å². The monoisotopic (exact) mass is 941 g/mol. The Bertz CT molecular complexity index is 905. The summed E-state index contributed by atoms with van der Waals surface area (Å²) >= 11 is 0. The summed E-state index contributed by atoms with van der Waals surface area (Å²) in [7, 11) is 0. The topological polar surface area (TPSA) is 123 Å². The second-order valence-electron chi connectivity index (χ2n) is 21.1.